The minimum Gasteiger partial charge on any atom is -0.478 e. The van der Waals surface area contributed by atoms with Crippen LogP contribution in [0.25, 0.3) is 0 Å². The maximum atomic E-state index is 13.3. The molecule has 1 aromatic carbocycles. The van der Waals surface area contributed by atoms with Crippen molar-refractivity contribution in [1.29, 1.82) is 0 Å². The Hall–Kier alpha value is -2.11. The van der Waals surface area contributed by atoms with Gasteiger partial charge in [-0.3, -0.25) is 4.79 Å². The van der Waals surface area contributed by atoms with Crippen LogP contribution in [0, 0.1) is 5.82 Å². The molecule has 1 aromatic rings. The first-order chi connectivity index (χ1) is 7.43. The Balaban J connectivity index is 3.17. The van der Waals surface area contributed by atoms with E-state index in [1.165, 1.54) is 24.1 Å². The zero-order valence-corrected chi connectivity index (χ0v) is 8.61. The van der Waals surface area contributed by atoms with Crippen molar-refractivity contribution in [1.82, 2.24) is 0 Å². The van der Waals surface area contributed by atoms with E-state index in [-0.39, 0.29) is 12.2 Å². The molecule has 0 radical (unpaired) electrons. The van der Waals surface area contributed by atoms with E-state index in [0.717, 1.165) is 6.07 Å². The van der Waals surface area contributed by atoms with E-state index in [1.54, 1.807) is 0 Å². The van der Waals surface area contributed by atoms with Gasteiger partial charge in [0.15, 0.2) is 0 Å². The number of hydrogen-bond donors (Lipinski definition) is 2. The first kappa shape index (κ1) is 12.0. The lowest BCUT2D eigenvalue weighted by molar-refractivity contribution is -0.116. The second-order valence-electron chi connectivity index (χ2n) is 3.26. The fraction of sp³-hybridized carbons (Fsp3) is 0.200. The van der Waals surface area contributed by atoms with Gasteiger partial charge in [-0.1, -0.05) is 6.07 Å². The molecule has 0 saturated carbocycles. The van der Waals surface area contributed by atoms with Crippen molar-refractivity contribution < 1.29 is 19.1 Å². The highest BCUT2D eigenvalue weighted by atomic mass is 19.1. The highest BCUT2D eigenvalue weighted by Gasteiger charge is 2.18. The van der Waals surface area contributed by atoms with E-state index >= 15 is 0 Å². The Labute approximate surface area is 91.3 Å². The van der Waals surface area contributed by atoms with Crippen molar-refractivity contribution in [2.75, 3.05) is 18.5 Å². The van der Waals surface area contributed by atoms with Crippen LogP contribution >= 0.6 is 0 Å². The molecule has 0 bridgehead atoms. The van der Waals surface area contributed by atoms with Gasteiger partial charge < -0.3 is 15.7 Å². The number of carbonyl (C=O) groups is 2. The molecule has 1 amide bonds. The second-order valence-corrected chi connectivity index (χ2v) is 3.26. The lowest BCUT2D eigenvalue weighted by atomic mass is 10.1. The number of benzene rings is 1. The first-order valence-electron chi connectivity index (χ1n) is 4.44. The van der Waals surface area contributed by atoms with E-state index < -0.39 is 23.3 Å². The topological polar surface area (TPSA) is 83.6 Å². The predicted octanol–water partition coefficient (Wildman–Crippen LogP) is 0.445. The molecule has 0 aliphatic carbocycles. The van der Waals surface area contributed by atoms with Crippen LogP contribution in [0.1, 0.15) is 10.4 Å². The average molecular weight is 226 g/mol. The minimum atomic E-state index is -1.38. The molecule has 86 valence electrons. The number of carboxylic acid groups (broad SMARTS) is 1. The van der Waals surface area contributed by atoms with Gasteiger partial charge >= 0.3 is 5.97 Å². The number of primary amides is 1. The van der Waals surface area contributed by atoms with Crippen LogP contribution in [0.4, 0.5) is 10.1 Å². The van der Waals surface area contributed by atoms with Crippen molar-refractivity contribution in [3.05, 3.63) is 29.6 Å². The lowest BCUT2D eigenvalue weighted by Crippen LogP contribution is -2.31. The molecular formula is C10H11FN2O3. The van der Waals surface area contributed by atoms with E-state index in [4.69, 9.17) is 10.8 Å². The van der Waals surface area contributed by atoms with Gasteiger partial charge in [-0.15, -0.1) is 0 Å². The monoisotopic (exact) mass is 226 g/mol. The summed E-state index contributed by atoms with van der Waals surface area (Å²) in [5.74, 6) is -2.85. The van der Waals surface area contributed by atoms with Crippen LogP contribution in [0.3, 0.4) is 0 Å². The van der Waals surface area contributed by atoms with Crippen molar-refractivity contribution in [3.63, 3.8) is 0 Å². The largest absolute Gasteiger partial charge is 0.478 e. The van der Waals surface area contributed by atoms with Gasteiger partial charge in [0.25, 0.3) is 0 Å². The van der Waals surface area contributed by atoms with Crippen molar-refractivity contribution >= 4 is 17.6 Å². The SMILES string of the molecule is CN(CC(N)=O)c1cccc(F)c1C(=O)O. The van der Waals surface area contributed by atoms with Gasteiger partial charge in [-0.2, -0.15) is 0 Å². The Kier molecular flexibility index (Phi) is 3.44. The number of nitrogens with zero attached hydrogens (tertiary/aromatic N) is 1. The minimum absolute atomic E-state index is 0.117. The van der Waals surface area contributed by atoms with Crippen molar-refractivity contribution in [3.8, 4) is 0 Å². The van der Waals surface area contributed by atoms with Crippen LogP contribution in [0.15, 0.2) is 18.2 Å². The molecular weight excluding hydrogens is 215 g/mol. The third kappa shape index (κ3) is 2.47. The van der Waals surface area contributed by atoms with Gasteiger partial charge in [0.2, 0.25) is 5.91 Å². The average Bonchev–Trinajstić information content (AvgIpc) is 2.15. The molecule has 0 aromatic heterocycles. The highest BCUT2D eigenvalue weighted by Crippen LogP contribution is 2.21. The number of hydrogen-bond acceptors (Lipinski definition) is 3. The quantitative estimate of drug-likeness (QED) is 0.780. The number of likely N-dealkylation sites (N-methyl/N-ethyl adjacent to an activating group) is 1. The van der Waals surface area contributed by atoms with Crippen molar-refractivity contribution in [2.24, 2.45) is 5.73 Å². The molecule has 16 heavy (non-hydrogen) atoms. The molecule has 0 spiro atoms. The van der Waals surface area contributed by atoms with Gasteiger partial charge in [0.1, 0.15) is 11.4 Å². The van der Waals surface area contributed by atoms with E-state index in [1.807, 2.05) is 0 Å². The summed E-state index contributed by atoms with van der Waals surface area (Å²) in [5, 5.41) is 8.85. The van der Waals surface area contributed by atoms with Crippen molar-refractivity contribution in [2.45, 2.75) is 0 Å². The van der Waals surface area contributed by atoms with E-state index in [0.29, 0.717) is 0 Å². The zero-order valence-electron chi connectivity index (χ0n) is 8.61. The fourth-order valence-electron chi connectivity index (χ4n) is 1.36. The molecule has 0 heterocycles. The summed E-state index contributed by atoms with van der Waals surface area (Å²) in [5.41, 5.74) is 4.62. The lowest BCUT2D eigenvalue weighted by Gasteiger charge is -2.19. The molecule has 0 atom stereocenters. The number of carboxylic acids is 1. The standard InChI is InChI=1S/C10H11FN2O3/c1-13(5-8(12)14)7-4-2-3-6(11)9(7)10(15)16/h2-4H,5H2,1H3,(H2,12,14)(H,15,16). The van der Waals surface area contributed by atoms with Gasteiger partial charge in [-0.25, -0.2) is 9.18 Å². The summed E-state index contributed by atoms with van der Waals surface area (Å²) < 4.78 is 13.3. The summed E-state index contributed by atoms with van der Waals surface area (Å²) in [4.78, 5) is 22.8. The molecule has 3 N–H and O–H groups in total. The molecule has 0 saturated heterocycles. The van der Waals surface area contributed by atoms with Crippen LogP contribution in [-0.4, -0.2) is 30.6 Å². The van der Waals surface area contributed by atoms with Gasteiger partial charge in [-0.05, 0) is 12.1 Å². The highest BCUT2D eigenvalue weighted by molar-refractivity contribution is 5.95. The summed E-state index contributed by atoms with van der Waals surface area (Å²) >= 11 is 0. The summed E-state index contributed by atoms with van der Waals surface area (Å²) in [6.07, 6.45) is 0. The van der Waals surface area contributed by atoms with E-state index in [9.17, 15) is 14.0 Å². The summed E-state index contributed by atoms with van der Waals surface area (Å²) in [6.45, 7) is -0.177. The molecule has 6 heteroatoms. The zero-order chi connectivity index (χ0) is 12.3. The van der Waals surface area contributed by atoms with Crippen LogP contribution < -0.4 is 10.6 Å². The molecule has 0 aliphatic rings. The summed E-state index contributed by atoms with van der Waals surface area (Å²) in [6, 6.07) is 3.83. The number of nitrogens with two attached hydrogens (primary N) is 1. The Morgan fingerprint density at radius 1 is 1.50 bits per heavy atom. The number of anilines is 1. The van der Waals surface area contributed by atoms with Crippen LogP contribution in [-0.2, 0) is 4.79 Å². The third-order valence-corrected chi connectivity index (χ3v) is 2.01. The Bertz CT molecular complexity index is 434. The normalized spacial score (nSPS) is 9.88. The smallest absolute Gasteiger partial charge is 0.340 e. The number of halogens is 1. The number of rotatable bonds is 4. The number of aromatic carboxylic acids is 1. The maximum Gasteiger partial charge on any atom is 0.340 e. The van der Waals surface area contributed by atoms with Crippen LogP contribution in [0.5, 0.6) is 0 Å². The number of carbonyl (C=O) groups excluding carboxylic acids is 1. The predicted molar refractivity (Wildman–Crippen MR) is 55.8 cm³/mol. The third-order valence-electron chi connectivity index (χ3n) is 2.01. The van der Waals surface area contributed by atoms with Gasteiger partial charge in [0, 0.05) is 7.05 Å². The molecule has 1 rings (SSSR count). The number of amides is 1. The Morgan fingerprint density at radius 3 is 2.62 bits per heavy atom. The van der Waals surface area contributed by atoms with Crippen LogP contribution in [0.2, 0.25) is 0 Å². The van der Waals surface area contributed by atoms with Gasteiger partial charge in [0.05, 0.1) is 12.2 Å². The maximum absolute atomic E-state index is 13.3. The Morgan fingerprint density at radius 2 is 2.12 bits per heavy atom. The van der Waals surface area contributed by atoms with E-state index in [2.05, 4.69) is 0 Å². The molecule has 0 aliphatic heterocycles. The first-order valence-corrected chi connectivity index (χ1v) is 4.44. The molecule has 0 unspecified atom stereocenters. The molecule has 0 fully saturated rings. The second kappa shape index (κ2) is 4.61. The molecule has 5 nitrogen and oxygen atoms in total. The summed E-state index contributed by atoms with van der Waals surface area (Å²) in [7, 11) is 1.46. The fourth-order valence-corrected chi connectivity index (χ4v) is 1.36.